The van der Waals surface area contributed by atoms with Crippen molar-refractivity contribution in [3.8, 4) is 0 Å². The molecule has 6 nitrogen and oxygen atoms in total. The van der Waals surface area contributed by atoms with Gasteiger partial charge < -0.3 is 15.4 Å². The molecule has 0 aromatic rings. The minimum atomic E-state index is -3.01. The van der Waals surface area contributed by atoms with E-state index in [-0.39, 0.29) is 35.4 Å². The molecule has 1 saturated heterocycles. The minimum Gasteiger partial charge on any atom is -0.385 e. The van der Waals surface area contributed by atoms with Crippen molar-refractivity contribution in [3.05, 3.63) is 0 Å². The van der Waals surface area contributed by atoms with Crippen LogP contribution < -0.4 is 5.73 Å². The molecule has 0 aromatic heterocycles. The number of sulfone groups is 1. The maximum atomic E-state index is 12.5. The number of nitrogens with zero attached hydrogens (tertiary/aromatic N) is 1. The molecule has 1 fully saturated rings. The zero-order chi connectivity index (χ0) is 15.3. The molecule has 3 unspecified atom stereocenters. The zero-order valence-electron chi connectivity index (χ0n) is 12.5. The molecule has 0 aromatic carbocycles. The molecule has 1 aliphatic rings. The highest BCUT2D eigenvalue weighted by molar-refractivity contribution is 7.91. The smallest absolute Gasteiger partial charge is 0.227 e. The fourth-order valence-corrected chi connectivity index (χ4v) is 4.09. The summed E-state index contributed by atoms with van der Waals surface area (Å²) in [5.74, 6) is -0.130. The van der Waals surface area contributed by atoms with Crippen LogP contribution in [0.25, 0.3) is 0 Å². The second kappa shape index (κ2) is 7.38. The third kappa shape index (κ3) is 4.71. The number of hydrogen-bond donors (Lipinski definition) is 1. The fraction of sp³-hybridized carbons (Fsp3) is 0.923. The van der Waals surface area contributed by atoms with E-state index in [1.807, 2.05) is 0 Å². The molecule has 1 aliphatic heterocycles. The van der Waals surface area contributed by atoms with Gasteiger partial charge in [0.25, 0.3) is 0 Å². The van der Waals surface area contributed by atoms with E-state index in [0.29, 0.717) is 26.0 Å². The summed E-state index contributed by atoms with van der Waals surface area (Å²) >= 11 is 0. The Hall–Kier alpha value is -0.660. The van der Waals surface area contributed by atoms with E-state index in [1.165, 1.54) is 0 Å². The standard InChI is InChI=1S/C13H26N2O4S/c1-10(11(2)14)13(16)15(6-4-7-19-3)12-5-8-20(17,18)9-12/h10-12H,4-9,14H2,1-3H3. The molecular weight excluding hydrogens is 280 g/mol. The van der Waals surface area contributed by atoms with Crippen molar-refractivity contribution in [1.29, 1.82) is 0 Å². The lowest BCUT2D eigenvalue weighted by Crippen LogP contribution is -2.48. The van der Waals surface area contributed by atoms with Gasteiger partial charge in [-0.25, -0.2) is 8.42 Å². The van der Waals surface area contributed by atoms with E-state index in [1.54, 1.807) is 25.9 Å². The van der Waals surface area contributed by atoms with E-state index in [0.717, 1.165) is 0 Å². The Labute approximate surface area is 121 Å². The molecular formula is C13H26N2O4S. The second-order valence-electron chi connectivity index (χ2n) is 5.58. The first kappa shape index (κ1) is 17.4. The number of carbonyl (C=O) groups excluding carboxylic acids is 1. The number of carbonyl (C=O) groups is 1. The number of rotatable bonds is 7. The summed E-state index contributed by atoms with van der Waals surface area (Å²) in [5, 5.41) is 0. The maximum Gasteiger partial charge on any atom is 0.227 e. The third-order valence-corrected chi connectivity index (χ3v) is 5.61. The quantitative estimate of drug-likeness (QED) is 0.670. The van der Waals surface area contributed by atoms with Gasteiger partial charge in [0.2, 0.25) is 5.91 Å². The van der Waals surface area contributed by atoms with Crippen molar-refractivity contribution in [2.75, 3.05) is 31.8 Å². The Bertz CT molecular complexity index is 422. The lowest BCUT2D eigenvalue weighted by Gasteiger charge is -2.32. The molecule has 7 heteroatoms. The summed E-state index contributed by atoms with van der Waals surface area (Å²) in [7, 11) is -1.40. The Balaban J connectivity index is 2.77. The van der Waals surface area contributed by atoms with Crippen LogP contribution in [0.2, 0.25) is 0 Å². The number of ether oxygens (including phenoxy) is 1. The van der Waals surface area contributed by atoms with E-state index in [2.05, 4.69) is 0 Å². The van der Waals surface area contributed by atoms with Gasteiger partial charge in [-0.1, -0.05) is 6.92 Å². The van der Waals surface area contributed by atoms with Gasteiger partial charge in [0.05, 0.1) is 17.4 Å². The fourth-order valence-electron chi connectivity index (χ4n) is 2.36. The van der Waals surface area contributed by atoms with Gasteiger partial charge in [-0.3, -0.25) is 4.79 Å². The van der Waals surface area contributed by atoms with Crippen molar-refractivity contribution >= 4 is 15.7 Å². The van der Waals surface area contributed by atoms with Crippen LogP contribution in [-0.2, 0) is 19.4 Å². The monoisotopic (exact) mass is 306 g/mol. The van der Waals surface area contributed by atoms with Crippen molar-refractivity contribution in [2.24, 2.45) is 11.7 Å². The topological polar surface area (TPSA) is 89.7 Å². The highest BCUT2D eigenvalue weighted by atomic mass is 32.2. The number of amides is 1. The highest BCUT2D eigenvalue weighted by Gasteiger charge is 2.36. The predicted octanol–water partition coefficient (Wildman–Crippen LogP) is 0.0219. The third-order valence-electron chi connectivity index (χ3n) is 3.86. The number of methoxy groups -OCH3 is 1. The van der Waals surface area contributed by atoms with Gasteiger partial charge in [0, 0.05) is 32.3 Å². The van der Waals surface area contributed by atoms with Crippen molar-refractivity contribution in [2.45, 2.75) is 38.8 Å². The lowest BCUT2D eigenvalue weighted by molar-refractivity contribution is -0.137. The van der Waals surface area contributed by atoms with Gasteiger partial charge in [0.1, 0.15) is 0 Å². The summed E-state index contributed by atoms with van der Waals surface area (Å²) in [5.41, 5.74) is 5.79. The van der Waals surface area contributed by atoms with E-state index < -0.39 is 9.84 Å². The molecule has 118 valence electrons. The summed E-state index contributed by atoms with van der Waals surface area (Å²) < 4.78 is 28.2. The summed E-state index contributed by atoms with van der Waals surface area (Å²) in [6, 6.07) is -0.462. The molecule has 1 rings (SSSR count). The molecule has 0 aliphatic carbocycles. The molecule has 0 spiro atoms. The van der Waals surface area contributed by atoms with E-state index in [4.69, 9.17) is 10.5 Å². The second-order valence-corrected chi connectivity index (χ2v) is 7.81. The normalized spacial score (nSPS) is 24.3. The van der Waals surface area contributed by atoms with E-state index >= 15 is 0 Å². The summed E-state index contributed by atoms with van der Waals surface area (Å²) in [6.07, 6.45) is 1.22. The Morgan fingerprint density at radius 3 is 2.55 bits per heavy atom. The Morgan fingerprint density at radius 1 is 1.45 bits per heavy atom. The first-order valence-electron chi connectivity index (χ1n) is 7.04. The van der Waals surface area contributed by atoms with Gasteiger partial charge in [-0.2, -0.15) is 0 Å². The van der Waals surface area contributed by atoms with E-state index in [9.17, 15) is 13.2 Å². The summed E-state index contributed by atoms with van der Waals surface area (Å²) in [4.78, 5) is 14.2. The molecule has 3 atom stereocenters. The van der Waals surface area contributed by atoms with Crippen LogP contribution >= 0.6 is 0 Å². The average Bonchev–Trinajstić information content (AvgIpc) is 2.73. The van der Waals surface area contributed by atoms with Crippen molar-refractivity contribution in [3.63, 3.8) is 0 Å². The first-order valence-corrected chi connectivity index (χ1v) is 8.86. The predicted molar refractivity (Wildman–Crippen MR) is 78.1 cm³/mol. The molecule has 0 saturated carbocycles. The largest absolute Gasteiger partial charge is 0.385 e. The minimum absolute atomic E-state index is 0.0572. The lowest BCUT2D eigenvalue weighted by atomic mass is 10.0. The number of nitrogens with two attached hydrogens (primary N) is 1. The SMILES string of the molecule is COCCCN(C(=O)C(C)C(C)N)C1CCS(=O)(=O)C1. The number of hydrogen-bond acceptors (Lipinski definition) is 5. The van der Waals surface area contributed by atoms with Gasteiger partial charge >= 0.3 is 0 Å². The van der Waals surface area contributed by atoms with Crippen LogP contribution in [0.3, 0.4) is 0 Å². The van der Waals surface area contributed by atoms with Gasteiger partial charge in [-0.05, 0) is 19.8 Å². The van der Waals surface area contributed by atoms with Crippen LogP contribution in [0.4, 0.5) is 0 Å². The average molecular weight is 306 g/mol. The summed E-state index contributed by atoms with van der Waals surface area (Å²) in [6.45, 7) is 4.65. The Morgan fingerprint density at radius 2 is 2.10 bits per heavy atom. The zero-order valence-corrected chi connectivity index (χ0v) is 13.4. The van der Waals surface area contributed by atoms with Gasteiger partial charge in [-0.15, -0.1) is 0 Å². The molecule has 0 bridgehead atoms. The van der Waals surface area contributed by atoms with Gasteiger partial charge in [0.15, 0.2) is 9.84 Å². The molecule has 20 heavy (non-hydrogen) atoms. The highest BCUT2D eigenvalue weighted by Crippen LogP contribution is 2.20. The van der Waals surface area contributed by atoms with Crippen molar-refractivity contribution < 1.29 is 17.9 Å². The van der Waals surface area contributed by atoms with Crippen LogP contribution in [0.1, 0.15) is 26.7 Å². The van der Waals surface area contributed by atoms with Crippen LogP contribution in [-0.4, -0.2) is 63.1 Å². The first-order chi connectivity index (χ1) is 9.28. The van der Waals surface area contributed by atoms with Crippen LogP contribution in [0, 0.1) is 5.92 Å². The van der Waals surface area contributed by atoms with Crippen LogP contribution in [0.5, 0.6) is 0 Å². The van der Waals surface area contributed by atoms with Crippen molar-refractivity contribution in [1.82, 2.24) is 4.90 Å². The maximum absolute atomic E-state index is 12.5. The molecule has 2 N–H and O–H groups in total. The molecule has 1 heterocycles. The van der Waals surface area contributed by atoms with Crippen LogP contribution in [0.15, 0.2) is 0 Å². The molecule has 0 radical (unpaired) electrons. The molecule has 1 amide bonds. The Kier molecular flexibility index (Phi) is 6.42.